The van der Waals surface area contributed by atoms with E-state index in [0.29, 0.717) is 5.54 Å². The van der Waals surface area contributed by atoms with Crippen LogP contribution in [0.2, 0.25) is 0 Å². The molecule has 17 heavy (non-hydrogen) atoms. The van der Waals surface area contributed by atoms with E-state index in [-0.39, 0.29) is 0 Å². The molecule has 12 atom stereocenters. The van der Waals surface area contributed by atoms with Crippen molar-refractivity contribution in [1.82, 2.24) is 0 Å². The lowest BCUT2D eigenvalue weighted by molar-refractivity contribution is -0.797. The predicted molar refractivity (Wildman–Crippen MR) is 59.5 cm³/mol. The molecule has 1 heteroatoms. The zero-order valence-corrected chi connectivity index (χ0v) is 9.95. The summed E-state index contributed by atoms with van der Waals surface area (Å²) in [6.07, 6.45) is 6.33. The van der Waals surface area contributed by atoms with Crippen LogP contribution in [0, 0.1) is 63.1 Å². The molecule has 0 aromatic carbocycles. The Morgan fingerprint density at radius 3 is 2.18 bits per heavy atom. The monoisotopic (exact) mass is 223 g/mol. The molecule has 9 fully saturated rings. The van der Waals surface area contributed by atoms with Gasteiger partial charge in [-0.3, -0.25) is 0 Å². The molecule has 1 nitrogen and oxygen atoms in total. The highest BCUT2D eigenvalue weighted by molar-refractivity contribution is 5.72. The van der Waals surface area contributed by atoms with Gasteiger partial charge in [0.25, 0.3) is 0 Å². The van der Waals surface area contributed by atoms with Gasteiger partial charge >= 0.3 is 0 Å². The highest BCUT2D eigenvalue weighted by Gasteiger charge is 3.25. The van der Waals surface area contributed by atoms with Gasteiger partial charge in [-0.15, -0.1) is 0 Å². The van der Waals surface area contributed by atoms with Gasteiger partial charge in [0.05, 0.1) is 0 Å². The second kappa shape index (κ2) is 1.18. The zero-order chi connectivity index (χ0) is 10.4. The summed E-state index contributed by atoms with van der Waals surface area (Å²) in [7, 11) is 0. The molecule has 0 aliphatic heterocycles. The van der Waals surface area contributed by atoms with Crippen LogP contribution in [0.4, 0.5) is 0 Å². The molecular formula is C16H17N. The average Bonchev–Trinajstić information content (AvgIpc) is 2.16. The Hall–Kier alpha value is -0.0400. The van der Waals surface area contributed by atoms with Crippen molar-refractivity contribution in [3.8, 4) is 0 Å². The Balaban J connectivity index is 1.50. The van der Waals surface area contributed by atoms with Crippen LogP contribution in [0.25, 0.3) is 0 Å². The molecule has 4 spiro atoms. The Morgan fingerprint density at radius 1 is 0.706 bits per heavy atom. The van der Waals surface area contributed by atoms with Crippen LogP contribution >= 0.6 is 0 Å². The molecule has 9 aliphatic carbocycles. The minimum Gasteiger partial charge on any atom is -0.324 e. The average molecular weight is 223 g/mol. The van der Waals surface area contributed by atoms with Crippen molar-refractivity contribution in [2.75, 3.05) is 0 Å². The van der Waals surface area contributed by atoms with Crippen LogP contribution in [-0.2, 0) is 0 Å². The quantitative estimate of drug-likeness (QED) is 0.663. The first-order valence-corrected chi connectivity index (χ1v) is 8.06. The second-order valence-corrected chi connectivity index (χ2v) is 9.56. The fourth-order valence-corrected chi connectivity index (χ4v) is 12.9. The molecule has 0 heterocycles. The SMILES string of the molecule is NC12CC3C4CC5C6CC7C8CC1C81C67C54C321. The summed E-state index contributed by atoms with van der Waals surface area (Å²) in [6, 6.07) is 0. The summed E-state index contributed by atoms with van der Waals surface area (Å²) < 4.78 is 0. The first-order chi connectivity index (χ1) is 8.27. The minimum atomic E-state index is 0.403. The van der Waals surface area contributed by atoms with Crippen LogP contribution in [0.3, 0.4) is 0 Å². The Labute approximate surface area is 101 Å². The first-order valence-electron chi connectivity index (χ1n) is 8.06. The molecule has 9 aliphatic rings. The molecule has 0 saturated heterocycles. The van der Waals surface area contributed by atoms with E-state index in [1.54, 1.807) is 19.3 Å². The summed E-state index contributed by atoms with van der Waals surface area (Å²) in [6.45, 7) is 0. The van der Waals surface area contributed by atoms with Gasteiger partial charge in [-0.05, 0) is 83.4 Å². The van der Waals surface area contributed by atoms with Crippen LogP contribution in [0.1, 0.15) is 25.7 Å². The van der Waals surface area contributed by atoms with Crippen molar-refractivity contribution in [3.05, 3.63) is 0 Å². The number of nitrogens with two attached hydrogens (primary N) is 1. The fraction of sp³-hybridized carbons (Fsp3) is 1.00. The van der Waals surface area contributed by atoms with Gasteiger partial charge in [-0.1, -0.05) is 0 Å². The van der Waals surface area contributed by atoms with Gasteiger partial charge in [0.1, 0.15) is 0 Å². The molecule has 12 unspecified atom stereocenters. The lowest BCUT2D eigenvalue weighted by Gasteiger charge is -3.27. The van der Waals surface area contributed by atoms with E-state index >= 15 is 0 Å². The van der Waals surface area contributed by atoms with Crippen molar-refractivity contribution < 1.29 is 0 Å². The normalized spacial score (nSPS) is 107. The van der Waals surface area contributed by atoms with Crippen LogP contribution in [0.5, 0.6) is 0 Å². The largest absolute Gasteiger partial charge is 0.324 e. The molecule has 0 amide bonds. The maximum Gasteiger partial charge on any atom is 0.0263 e. The van der Waals surface area contributed by atoms with Crippen molar-refractivity contribution in [2.45, 2.75) is 31.2 Å². The van der Waals surface area contributed by atoms with E-state index in [1.165, 1.54) is 36.0 Å². The van der Waals surface area contributed by atoms with Gasteiger partial charge in [0.15, 0.2) is 0 Å². The number of rotatable bonds is 0. The highest BCUT2D eigenvalue weighted by Crippen LogP contribution is 3.26. The second-order valence-electron chi connectivity index (χ2n) is 9.56. The topological polar surface area (TPSA) is 26.0 Å². The number of hydrogen-bond acceptors (Lipinski definition) is 1. The standard InChI is InChI=1S/C16H17N/c17-12-4-10-8-2-7-5-1-6-9-3-11(12)15(9)13(5,6)14(7,8)16(10,12)15/h5-11H,1-4,17H2. The summed E-state index contributed by atoms with van der Waals surface area (Å²) in [4.78, 5) is 0. The van der Waals surface area contributed by atoms with Gasteiger partial charge in [-0.2, -0.15) is 0 Å². The fourth-order valence-electron chi connectivity index (χ4n) is 12.9. The predicted octanol–water partition coefficient (Wildman–Crippen LogP) is 1.63. The lowest BCUT2D eigenvalue weighted by Crippen LogP contribution is -3.27. The summed E-state index contributed by atoms with van der Waals surface area (Å²) in [5.41, 5.74) is 11.0. The number of hydrogen-bond donors (Lipinski definition) is 1. The molecular weight excluding hydrogens is 206 g/mol. The van der Waals surface area contributed by atoms with E-state index in [4.69, 9.17) is 5.73 Å². The van der Waals surface area contributed by atoms with Crippen molar-refractivity contribution in [1.29, 1.82) is 0 Å². The zero-order valence-electron chi connectivity index (χ0n) is 9.95. The molecule has 9 rings (SSSR count). The van der Waals surface area contributed by atoms with Gasteiger partial charge < -0.3 is 5.73 Å². The molecule has 86 valence electrons. The molecule has 0 radical (unpaired) electrons. The smallest absolute Gasteiger partial charge is 0.0263 e. The first kappa shape index (κ1) is 6.93. The van der Waals surface area contributed by atoms with E-state index in [2.05, 4.69) is 0 Å². The third-order valence-electron chi connectivity index (χ3n) is 11.6. The Morgan fingerprint density at radius 2 is 1.35 bits per heavy atom. The molecule has 0 aromatic heterocycles. The van der Waals surface area contributed by atoms with Crippen LogP contribution < -0.4 is 5.73 Å². The summed E-state index contributed by atoms with van der Waals surface area (Å²) in [5.74, 6) is 8.27. The Bertz CT molecular complexity index is 608. The van der Waals surface area contributed by atoms with E-state index < -0.39 is 0 Å². The molecule has 2 N–H and O–H groups in total. The van der Waals surface area contributed by atoms with Crippen LogP contribution in [-0.4, -0.2) is 5.54 Å². The van der Waals surface area contributed by atoms with Crippen molar-refractivity contribution in [2.24, 2.45) is 68.8 Å². The minimum absolute atomic E-state index is 0.403. The van der Waals surface area contributed by atoms with Crippen LogP contribution in [0.15, 0.2) is 0 Å². The summed E-state index contributed by atoms with van der Waals surface area (Å²) >= 11 is 0. The molecule has 9 saturated carbocycles. The van der Waals surface area contributed by atoms with Gasteiger partial charge in [0.2, 0.25) is 0 Å². The highest BCUT2D eigenvalue weighted by atomic mass is 15.3. The van der Waals surface area contributed by atoms with Crippen molar-refractivity contribution >= 4 is 0 Å². The third kappa shape index (κ3) is 0.209. The van der Waals surface area contributed by atoms with E-state index in [9.17, 15) is 0 Å². The van der Waals surface area contributed by atoms with E-state index in [1.807, 2.05) is 0 Å². The lowest BCUT2D eigenvalue weighted by atomic mass is 8.77. The van der Waals surface area contributed by atoms with Gasteiger partial charge in [-0.25, -0.2) is 0 Å². The van der Waals surface area contributed by atoms with Gasteiger partial charge in [0, 0.05) is 11.0 Å². The molecule has 0 bridgehead atoms. The maximum absolute atomic E-state index is 6.93. The molecule has 0 aromatic rings. The maximum atomic E-state index is 6.93. The Kier molecular flexibility index (Phi) is 0.482. The summed E-state index contributed by atoms with van der Waals surface area (Å²) in [5, 5.41) is 0. The third-order valence-corrected chi connectivity index (χ3v) is 11.6. The number of fused-ring (bicyclic) bond motifs is 4. The van der Waals surface area contributed by atoms with Crippen molar-refractivity contribution in [3.63, 3.8) is 0 Å². The van der Waals surface area contributed by atoms with E-state index in [0.717, 1.165) is 33.5 Å².